The molecule has 2 aliphatic heterocycles. The van der Waals surface area contributed by atoms with Gasteiger partial charge in [-0.2, -0.15) is 0 Å². The fourth-order valence-corrected chi connectivity index (χ4v) is 1.72. The molecule has 0 spiro atoms. The second-order valence-electron chi connectivity index (χ2n) is 3.05. The lowest BCUT2D eigenvalue weighted by Crippen LogP contribution is -2.54. The van der Waals surface area contributed by atoms with Crippen LogP contribution >= 0.6 is 0 Å². The number of hydrogen-bond acceptors (Lipinski definition) is 3. The zero-order valence-electron chi connectivity index (χ0n) is 5.55. The maximum absolute atomic E-state index is 10.7. The zero-order chi connectivity index (χ0) is 7.19. The summed E-state index contributed by atoms with van der Waals surface area (Å²) in [4.78, 5) is 10.7. The topological polar surface area (TPSA) is 61.4 Å². The molecule has 2 atom stereocenters. The molecule has 0 amide bonds. The number of fused-ring (bicyclic) bond motifs is 2. The van der Waals surface area contributed by atoms with E-state index in [1.807, 2.05) is 0 Å². The van der Waals surface area contributed by atoms with Crippen molar-refractivity contribution in [3.05, 3.63) is 0 Å². The molecule has 0 radical (unpaired) electrons. The first kappa shape index (κ1) is 6.12. The van der Waals surface area contributed by atoms with Crippen LogP contribution in [0.5, 0.6) is 0 Å². The van der Waals surface area contributed by atoms with Gasteiger partial charge in [-0.25, -0.2) is 0 Å². The van der Waals surface area contributed by atoms with E-state index in [1.165, 1.54) is 0 Å². The first-order valence-corrected chi connectivity index (χ1v) is 3.45. The Bertz CT molecular complexity index is 173. The summed E-state index contributed by atoms with van der Waals surface area (Å²) in [6.07, 6.45) is 0.738. The minimum Gasteiger partial charge on any atom is -0.480 e. The van der Waals surface area contributed by atoms with Crippen molar-refractivity contribution in [2.45, 2.75) is 18.0 Å². The second-order valence-corrected chi connectivity index (χ2v) is 3.05. The van der Waals surface area contributed by atoms with Crippen LogP contribution in [0.1, 0.15) is 6.42 Å². The number of carbonyl (C=O) groups is 1. The van der Waals surface area contributed by atoms with E-state index in [0.29, 0.717) is 12.6 Å². The molecule has 3 N–H and O–H groups in total. The molecule has 0 saturated carbocycles. The van der Waals surface area contributed by atoms with Crippen LogP contribution in [-0.4, -0.2) is 35.7 Å². The molecule has 0 aliphatic carbocycles. The normalized spacial score (nSPS) is 44.2. The van der Waals surface area contributed by atoms with Crippen molar-refractivity contribution in [2.75, 3.05) is 13.1 Å². The molecule has 0 aromatic heterocycles. The third-order valence-corrected chi connectivity index (χ3v) is 2.38. The van der Waals surface area contributed by atoms with Gasteiger partial charge in [0.25, 0.3) is 0 Å². The molecule has 0 aromatic rings. The van der Waals surface area contributed by atoms with Crippen molar-refractivity contribution in [1.29, 1.82) is 0 Å². The quantitative estimate of drug-likeness (QED) is 0.429. The lowest BCUT2D eigenvalue weighted by Gasteiger charge is -2.22. The van der Waals surface area contributed by atoms with E-state index in [4.69, 9.17) is 5.11 Å². The fraction of sp³-hybridized carbons (Fsp3) is 0.833. The van der Waals surface area contributed by atoms with E-state index >= 15 is 0 Å². The van der Waals surface area contributed by atoms with Crippen LogP contribution in [0.25, 0.3) is 0 Å². The highest BCUT2D eigenvalue weighted by atomic mass is 16.4. The van der Waals surface area contributed by atoms with Crippen molar-refractivity contribution in [1.82, 2.24) is 10.6 Å². The molecule has 2 fully saturated rings. The van der Waals surface area contributed by atoms with Gasteiger partial charge in [0, 0.05) is 19.1 Å². The highest BCUT2D eigenvalue weighted by molar-refractivity contribution is 5.80. The number of nitrogens with one attached hydrogen (secondary N) is 2. The van der Waals surface area contributed by atoms with Crippen LogP contribution < -0.4 is 10.6 Å². The summed E-state index contributed by atoms with van der Waals surface area (Å²) in [6.45, 7) is 1.37. The highest BCUT2D eigenvalue weighted by Crippen LogP contribution is 2.25. The van der Waals surface area contributed by atoms with Crippen molar-refractivity contribution in [3.63, 3.8) is 0 Å². The van der Waals surface area contributed by atoms with Gasteiger partial charge in [0.15, 0.2) is 0 Å². The third-order valence-electron chi connectivity index (χ3n) is 2.38. The molecule has 2 heterocycles. The van der Waals surface area contributed by atoms with E-state index in [2.05, 4.69) is 10.6 Å². The van der Waals surface area contributed by atoms with Crippen molar-refractivity contribution in [2.24, 2.45) is 0 Å². The SMILES string of the molecule is O=C(O)[C@]12CN[C@H](CN1)C2. The summed E-state index contributed by atoms with van der Waals surface area (Å²) >= 11 is 0. The van der Waals surface area contributed by atoms with Gasteiger partial charge in [-0.15, -0.1) is 0 Å². The molecule has 0 unspecified atom stereocenters. The minimum absolute atomic E-state index is 0.385. The van der Waals surface area contributed by atoms with Gasteiger partial charge >= 0.3 is 5.97 Å². The summed E-state index contributed by atoms with van der Waals surface area (Å²) in [5, 5.41) is 14.9. The molecule has 2 bridgehead atoms. The first-order chi connectivity index (χ1) is 4.73. The Kier molecular flexibility index (Phi) is 1.04. The molecule has 10 heavy (non-hydrogen) atoms. The monoisotopic (exact) mass is 142 g/mol. The van der Waals surface area contributed by atoms with E-state index in [9.17, 15) is 4.79 Å². The van der Waals surface area contributed by atoms with Crippen LogP contribution in [0.4, 0.5) is 0 Å². The average Bonchev–Trinajstić information content (AvgIpc) is 2.45. The predicted molar refractivity (Wildman–Crippen MR) is 34.8 cm³/mol. The number of rotatable bonds is 1. The predicted octanol–water partition coefficient (Wildman–Crippen LogP) is -1.23. The van der Waals surface area contributed by atoms with Crippen LogP contribution in [0, 0.1) is 0 Å². The zero-order valence-corrected chi connectivity index (χ0v) is 5.55. The van der Waals surface area contributed by atoms with Crippen LogP contribution in [0.2, 0.25) is 0 Å². The van der Waals surface area contributed by atoms with E-state index < -0.39 is 11.5 Å². The molecular formula is C6H10N2O2. The van der Waals surface area contributed by atoms with Gasteiger partial charge in [-0.1, -0.05) is 0 Å². The molecule has 0 aromatic carbocycles. The number of aliphatic carboxylic acids is 1. The maximum atomic E-state index is 10.7. The van der Waals surface area contributed by atoms with Gasteiger partial charge in [-0.3, -0.25) is 10.1 Å². The van der Waals surface area contributed by atoms with Gasteiger partial charge in [-0.05, 0) is 6.42 Å². The standard InChI is InChI=1S/C6H10N2O2/c9-5(10)6-1-4(2-8-6)7-3-6/h4,7-8H,1-3H2,(H,9,10)/t4-,6-/m0/s1. The Hall–Kier alpha value is -0.610. The van der Waals surface area contributed by atoms with E-state index in [0.717, 1.165) is 13.0 Å². The molecular weight excluding hydrogens is 132 g/mol. The summed E-state index contributed by atoms with van der Waals surface area (Å²) < 4.78 is 0. The number of piperazine rings is 1. The number of hydrogen-bond donors (Lipinski definition) is 3. The molecule has 2 saturated heterocycles. The van der Waals surface area contributed by atoms with E-state index in [-0.39, 0.29) is 0 Å². The Balaban J connectivity index is 2.23. The van der Waals surface area contributed by atoms with Gasteiger partial charge in [0.05, 0.1) is 0 Å². The number of carboxylic acids is 1. The summed E-state index contributed by atoms with van der Waals surface area (Å²) in [6, 6.07) is 0.385. The Morgan fingerprint density at radius 3 is 2.70 bits per heavy atom. The molecule has 2 aliphatic rings. The average molecular weight is 142 g/mol. The lowest BCUT2D eigenvalue weighted by molar-refractivity contribution is -0.143. The largest absolute Gasteiger partial charge is 0.480 e. The summed E-state index contributed by atoms with van der Waals surface area (Å²) in [5.74, 6) is -0.722. The van der Waals surface area contributed by atoms with Crippen LogP contribution in [0.15, 0.2) is 0 Å². The molecule has 56 valence electrons. The minimum atomic E-state index is -0.722. The smallest absolute Gasteiger partial charge is 0.325 e. The van der Waals surface area contributed by atoms with Crippen molar-refractivity contribution >= 4 is 5.97 Å². The van der Waals surface area contributed by atoms with Crippen LogP contribution in [-0.2, 0) is 4.79 Å². The second kappa shape index (κ2) is 1.71. The van der Waals surface area contributed by atoms with E-state index in [1.54, 1.807) is 0 Å². The Morgan fingerprint density at radius 1 is 1.70 bits per heavy atom. The van der Waals surface area contributed by atoms with Crippen LogP contribution in [0.3, 0.4) is 0 Å². The van der Waals surface area contributed by atoms with Crippen molar-refractivity contribution < 1.29 is 9.90 Å². The summed E-state index contributed by atoms with van der Waals surface area (Å²) in [7, 11) is 0. The molecule has 4 heteroatoms. The Labute approximate surface area is 58.6 Å². The van der Waals surface area contributed by atoms with Crippen molar-refractivity contribution in [3.8, 4) is 0 Å². The Morgan fingerprint density at radius 2 is 2.50 bits per heavy atom. The summed E-state index contributed by atoms with van der Waals surface area (Å²) in [5.41, 5.74) is -0.634. The lowest BCUT2D eigenvalue weighted by atomic mass is 10.0. The van der Waals surface area contributed by atoms with Gasteiger partial charge in [0.2, 0.25) is 0 Å². The first-order valence-electron chi connectivity index (χ1n) is 3.45. The fourth-order valence-electron chi connectivity index (χ4n) is 1.72. The van der Waals surface area contributed by atoms with Gasteiger partial charge in [0.1, 0.15) is 5.54 Å². The highest BCUT2D eigenvalue weighted by Gasteiger charge is 2.50. The van der Waals surface area contributed by atoms with Gasteiger partial charge < -0.3 is 10.4 Å². The third kappa shape index (κ3) is 0.602. The maximum Gasteiger partial charge on any atom is 0.325 e. The number of carboxylic acid groups (broad SMARTS) is 1. The molecule has 2 rings (SSSR count). The molecule has 4 nitrogen and oxygen atoms in total.